The van der Waals surface area contributed by atoms with Crippen LogP contribution in [0.2, 0.25) is 0 Å². The molecule has 0 aliphatic heterocycles. The van der Waals surface area contributed by atoms with Crippen molar-refractivity contribution in [3.63, 3.8) is 0 Å². The summed E-state index contributed by atoms with van der Waals surface area (Å²) in [6.45, 7) is 2.43. The number of carbonyl (C=O) groups is 2. The van der Waals surface area contributed by atoms with Crippen molar-refractivity contribution < 1.29 is 47.8 Å². The maximum atomic E-state index is 12.6. The van der Waals surface area contributed by atoms with Crippen molar-refractivity contribution >= 4 is 19.8 Å². The lowest BCUT2D eigenvalue weighted by molar-refractivity contribution is -0.161. The highest BCUT2D eigenvalue weighted by Crippen LogP contribution is 2.43. The van der Waals surface area contributed by atoms with Crippen molar-refractivity contribution in [2.75, 3.05) is 26.4 Å². The zero-order valence-electron chi connectivity index (χ0n) is 36.4. The Morgan fingerprint density at radius 1 is 0.464 bits per heavy atom. The zero-order chi connectivity index (χ0) is 41.2. The van der Waals surface area contributed by atoms with Gasteiger partial charge in [0, 0.05) is 12.8 Å². The Morgan fingerprint density at radius 3 is 1.11 bits per heavy atom. The van der Waals surface area contributed by atoms with Crippen molar-refractivity contribution in [3.05, 3.63) is 0 Å². The van der Waals surface area contributed by atoms with Gasteiger partial charge in [0.05, 0.1) is 19.8 Å². The molecule has 334 valence electrons. The number of unbranched alkanes of at least 4 members (excludes halogenated alkanes) is 31. The summed E-state index contributed by atoms with van der Waals surface area (Å²) in [5.41, 5.74) is 0. The Bertz CT molecular complexity index is 904. The number of phosphoric ester groups is 1. The number of hydrogen-bond donors (Lipinski definition) is 3. The largest absolute Gasteiger partial charge is 0.472 e. The summed E-state index contributed by atoms with van der Waals surface area (Å²) < 4.78 is 32.8. The quantitative estimate of drug-likeness (QED) is 0.0308. The van der Waals surface area contributed by atoms with E-state index in [0.717, 1.165) is 32.1 Å². The molecule has 0 heterocycles. The van der Waals surface area contributed by atoms with Crippen LogP contribution in [0.15, 0.2) is 0 Å². The summed E-state index contributed by atoms with van der Waals surface area (Å²) in [5, 5.41) is 18.3. The zero-order valence-corrected chi connectivity index (χ0v) is 37.3. The van der Waals surface area contributed by atoms with Gasteiger partial charge in [0.1, 0.15) is 12.7 Å². The molecule has 0 aliphatic rings. The van der Waals surface area contributed by atoms with Gasteiger partial charge in [0.25, 0.3) is 0 Å². The van der Waals surface area contributed by atoms with Crippen LogP contribution in [0.4, 0.5) is 0 Å². The van der Waals surface area contributed by atoms with Gasteiger partial charge < -0.3 is 24.6 Å². The molecule has 0 aromatic rings. The third-order valence-electron chi connectivity index (χ3n) is 10.5. The maximum absolute atomic E-state index is 12.6. The molecular formula is C45H89O10P. The summed E-state index contributed by atoms with van der Waals surface area (Å²) in [6, 6.07) is 0. The lowest BCUT2D eigenvalue weighted by Crippen LogP contribution is -2.29. The first-order valence-electron chi connectivity index (χ1n) is 23.5. The van der Waals surface area contributed by atoms with Gasteiger partial charge in [-0.05, 0) is 12.8 Å². The normalized spacial score (nSPS) is 13.7. The number of hydrogen-bond acceptors (Lipinski definition) is 9. The number of aliphatic hydroxyl groups is 2. The van der Waals surface area contributed by atoms with Crippen molar-refractivity contribution in [1.82, 2.24) is 0 Å². The lowest BCUT2D eigenvalue weighted by Gasteiger charge is -2.20. The van der Waals surface area contributed by atoms with Crippen LogP contribution in [-0.4, -0.2) is 65.7 Å². The van der Waals surface area contributed by atoms with Gasteiger partial charge >= 0.3 is 19.8 Å². The minimum atomic E-state index is -4.61. The number of carbonyl (C=O) groups excluding carboxylic acids is 2. The van der Waals surface area contributed by atoms with E-state index < -0.39 is 51.8 Å². The van der Waals surface area contributed by atoms with Crippen LogP contribution in [0.25, 0.3) is 0 Å². The van der Waals surface area contributed by atoms with Crippen LogP contribution >= 0.6 is 7.82 Å². The Morgan fingerprint density at radius 2 is 0.768 bits per heavy atom. The molecule has 0 aromatic heterocycles. The van der Waals surface area contributed by atoms with E-state index in [1.54, 1.807) is 0 Å². The Labute approximate surface area is 344 Å². The fourth-order valence-electron chi connectivity index (χ4n) is 6.88. The minimum Gasteiger partial charge on any atom is -0.462 e. The van der Waals surface area contributed by atoms with Crippen molar-refractivity contribution in [3.8, 4) is 0 Å². The smallest absolute Gasteiger partial charge is 0.462 e. The second-order valence-electron chi connectivity index (χ2n) is 16.2. The first kappa shape index (κ1) is 55.0. The summed E-state index contributed by atoms with van der Waals surface area (Å²) in [5.74, 6) is -0.907. The number of rotatable bonds is 45. The lowest BCUT2D eigenvalue weighted by atomic mass is 10.0. The summed E-state index contributed by atoms with van der Waals surface area (Å²) >= 11 is 0. The van der Waals surface area contributed by atoms with Crippen LogP contribution < -0.4 is 0 Å². The molecule has 56 heavy (non-hydrogen) atoms. The average Bonchev–Trinajstić information content (AvgIpc) is 3.19. The van der Waals surface area contributed by atoms with E-state index in [2.05, 4.69) is 13.8 Å². The van der Waals surface area contributed by atoms with E-state index in [9.17, 15) is 24.2 Å². The molecule has 1 unspecified atom stereocenters. The average molecular weight is 821 g/mol. The Hall–Kier alpha value is -1.03. The van der Waals surface area contributed by atoms with Crippen molar-refractivity contribution in [2.24, 2.45) is 0 Å². The molecule has 3 N–H and O–H groups in total. The van der Waals surface area contributed by atoms with Crippen LogP contribution in [0.5, 0.6) is 0 Å². The van der Waals surface area contributed by atoms with Gasteiger partial charge in [-0.2, -0.15) is 0 Å². The van der Waals surface area contributed by atoms with E-state index in [0.29, 0.717) is 12.8 Å². The predicted molar refractivity (Wildman–Crippen MR) is 229 cm³/mol. The minimum absolute atomic E-state index is 0.193. The highest BCUT2D eigenvalue weighted by atomic mass is 31.2. The Kier molecular flexibility index (Phi) is 41.3. The first-order chi connectivity index (χ1) is 27.2. The fraction of sp³-hybridized carbons (Fsp3) is 0.956. The van der Waals surface area contributed by atoms with E-state index >= 15 is 0 Å². The topological polar surface area (TPSA) is 149 Å². The fourth-order valence-corrected chi connectivity index (χ4v) is 7.67. The third kappa shape index (κ3) is 41.1. The van der Waals surface area contributed by atoms with Gasteiger partial charge in [0.2, 0.25) is 0 Å². The molecule has 10 nitrogen and oxygen atoms in total. The predicted octanol–water partition coefficient (Wildman–Crippen LogP) is 12.6. The molecular weight excluding hydrogens is 731 g/mol. The van der Waals surface area contributed by atoms with E-state index in [4.69, 9.17) is 23.6 Å². The van der Waals surface area contributed by atoms with Gasteiger partial charge in [-0.25, -0.2) is 4.57 Å². The first-order valence-corrected chi connectivity index (χ1v) is 25.0. The summed E-state index contributed by atoms with van der Waals surface area (Å²) in [4.78, 5) is 35.0. The Balaban J connectivity index is 4.16. The summed E-state index contributed by atoms with van der Waals surface area (Å²) in [6.07, 6.45) is 39.3. The molecule has 0 aliphatic carbocycles. The molecule has 11 heteroatoms. The third-order valence-corrected chi connectivity index (χ3v) is 11.5. The van der Waals surface area contributed by atoms with Gasteiger partial charge in [-0.1, -0.05) is 213 Å². The number of phosphoric acid groups is 1. The highest BCUT2D eigenvalue weighted by molar-refractivity contribution is 7.47. The molecule has 0 bridgehead atoms. The van der Waals surface area contributed by atoms with Crippen molar-refractivity contribution in [2.45, 2.75) is 251 Å². The molecule has 0 saturated carbocycles. The highest BCUT2D eigenvalue weighted by Gasteiger charge is 2.27. The standard InChI is InChI=1S/C45H89O10P/c1-3-5-7-9-11-13-15-17-18-19-20-21-22-23-25-27-29-31-33-35-37-45(49)55-43(41-54-56(50,51)53-39-42(47)38-46)40-52-44(48)36-34-32-30-28-26-24-16-14-12-10-8-6-4-2/h42-43,46-47H,3-41H2,1-2H3,(H,50,51)/t42-,43+/m0/s1. The number of aliphatic hydroxyl groups excluding tert-OH is 2. The molecule has 0 spiro atoms. The molecule has 3 atom stereocenters. The second-order valence-corrected chi connectivity index (χ2v) is 17.6. The van der Waals surface area contributed by atoms with E-state index in [1.165, 1.54) is 167 Å². The van der Waals surface area contributed by atoms with Gasteiger partial charge in [-0.15, -0.1) is 0 Å². The van der Waals surface area contributed by atoms with Crippen LogP contribution in [0.1, 0.15) is 239 Å². The SMILES string of the molecule is CCCCCCCCCCCCCCCCCCCCCCC(=O)O[C@H](COC(=O)CCCCCCCCCCCCCCC)COP(=O)(O)OC[C@@H](O)CO. The van der Waals surface area contributed by atoms with Gasteiger partial charge in [0.15, 0.2) is 6.10 Å². The maximum Gasteiger partial charge on any atom is 0.472 e. The molecule has 0 aromatic carbocycles. The molecule has 0 saturated heterocycles. The van der Waals surface area contributed by atoms with Gasteiger partial charge in [-0.3, -0.25) is 18.6 Å². The monoisotopic (exact) mass is 821 g/mol. The van der Waals surface area contributed by atoms with Crippen LogP contribution in [0.3, 0.4) is 0 Å². The van der Waals surface area contributed by atoms with Crippen LogP contribution in [0, 0.1) is 0 Å². The van der Waals surface area contributed by atoms with E-state index in [1.807, 2.05) is 0 Å². The number of esters is 2. The second kappa shape index (κ2) is 42.1. The number of ether oxygens (including phenoxy) is 2. The summed E-state index contributed by atoms with van der Waals surface area (Å²) in [7, 11) is -4.61. The molecule has 0 radical (unpaired) electrons. The van der Waals surface area contributed by atoms with Crippen LogP contribution in [-0.2, 0) is 32.7 Å². The molecule has 0 fully saturated rings. The van der Waals surface area contributed by atoms with E-state index in [-0.39, 0.29) is 19.4 Å². The van der Waals surface area contributed by atoms with Crippen molar-refractivity contribution in [1.29, 1.82) is 0 Å². The molecule has 0 rings (SSSR count). The molecule has 0 amide bonds.